The van der Waals surface area contributed by atoms with E-state index < -0.39 is 19.9 Å². The summed E-state index contributed by atoms with van der Waals surface area (Å²) in [7, 11) is -6.45. The third kappa shape index (κ3) is 4.18. The first-order valence-electron chi connectivity index (χ1n) is 7.31. The second kappa shape index (κ2) is 6.42. The predicted octanol–water partition coefficient (Wildman–Crippen LogP) is -1.74. The number of piperazine rings is 1. The van der Waals surface area contributed by atoms with Crippen molar-refractivity contribution < 1.29 is 21.6 Å². The molecular formula is C12H23N3O5S2. The Morgan fingerprint density at radius 1 is 1.23 bits per heavy atom. The molecule has 10 heteroatoms. The molecule has 0 aromatic heterocycles. The van der Waals surface area contributed by atoms with Crippen LogP contribution < -0.4 is 4.72 Å². The lowest BCUT2D eigenvalue weighted by Crippen LogP contribution is -2.60. The van der Waals surface area contributed by atoms with E-state index in [-0.39, 0.29) is 42.5 Å². The summed E-state index contributed by atoms with van der Waals surface area (Å²) in [6, 6.07) is -0.458. The Morgan fingerprint density at radius 2 is 1.86 bits per heavy atom. The van der Waals surface area contributed by atoms with Crippen molar-refractivity contribution in [1.82, 2.24) is 14.5 Å². The van der Waals surface area contributed by atoms with E-state index in [0.29, 0.717) is 13.1 Å². The minimum atomic E-state index is -3.32. The molecule has 2 aliphatic heterocycles. The molecule has 1 N–H and O–H groups in total. The zero-order valence-electron chi connectivity index (χ0n) is 12.9. The van der Waals surface area contributed by atoms with Crippen molar-refractivity contribution in [2.45, 2.75) is 25.4 Å². The first kappa shape index (κ1) is 17.6. The van der Waals surface area contributed by atoms with E-state index in [1.165, 1.54) is 0 Å². The van der Waals surface area contributed by atoms with Crippen LogP contribution in [-0.2, 0) is 24.7 Å². The number of amides is 1. The third-order valence-electron chi connectivity index (χ3n) is 4.22. The van der Waals surface area contributed by atoms with Gasteiger partial charge in [0.15, 0.2) is 9.84 Å². The molecule has 2 aliphatic rings. The lowest BCUT2D eigenvalue weighted by Gasteiger charge is -2.43. The molecule has 2 saturated heterocycles. The molecule has 128 valence electrons. The van der Waals surface area contributed by atoms with Crippen molar-refractivity contribution in [3.05, 3.63) is 0 Å². The zero-order valence-corrected chi connectivity index (χ0v) is 14.5. The molecule has 2 atom stereocenters. The zero-order chi connectivity index (χ0) is 16.5. The molecule has 0 aliphatic carbocycles. The molecule has 0 spiro atoms. The summed E-state index contributed by atoms with van der Waals surface area (Å²) in [5.41, 5.74) is 0. The summed E-state index contributed by atoms with van der Waals surface area (Å²) < 4.78 is 48.1. The van der Waals surface area contributed by atoms with E-state index in [1.807, 2.05) is 6.92 Å². The fourth-order valence-corrected chi connectivity index (χ4v) is 5.70. The summed E-state index contributed by atoms with van der Waals surface area (Å²) >= 11 is 0. The lowest BCUT2D eigenvalue weighted by molar-refractivity contribution is -0.136. The van der Waals surface area contributed by atoms with Gasteiger partial charge < -0.3 is 4.90 Å². The summed E-state index contributed by atoms with van der Waals surface area (Å²) in [5.74, 6) is -0.102. The number of likely N-dealkylation sites (N-methyl/N-ethyl adjacent to an activating group) is 1. The van der Waals surface area contributed by atoms with Gasteiger partial charge in [0, 0.05) is 32.1 Å². The highest BCUT2D eigenvalue weighted by Crippen LogP contribution is 2.27. The average molecular weight is 353 g/mol. The number of rotatable bonds is 5. The van der Waals surface area contributed by atoms with Crippen molar-refractivity contribution >= 4 is 25.8 Å². The van der Waals surface area contributed by atoms with Crippen LogP contribution in [0.3, 0.4) is 0 Å². The molecule has 2 rings (SSSR count). The predicted molar refractivity (Wildman–Crippen MR) is 82.7 cm³/mol. The number of carbonyl (C=O) groups excluding carboxylic acids is 1. The summed E-state index contributed by atoms with van der Waals surface area (Å²) in [6.45, 7) is 3.92. The van der Waals surface area contributed by atoms with Gasteiger partial charge in [0.05, 0.1) is 23.8 Å². The van der Waals surface area contributed by atoms with Gasteiger partial charge in [0.25, 0.3) is 0 Å². The number of hydrogen-bond acceptors (Lipinski definition) is 6. The van der Waals surface area contributed by atoms with Crippen molar-refractivity contribution in [2.75, 3.05) is 43.9 Å². The number of sulfone groups is 1. The van der Waals surface area contributed by atoms with Gasteiger partial charge in [-0.25, -0.2) is 21.6 Å². The van der Waals surface area contributed by atoms with Crippen LogP contribution >= 0.6 is 0 Å². The maximum absolute atomic E-state index is 12.3. The van der Waals surface area contributed by atoms with E-state index in [2.05, 4.69) is 9.62 Å². The van der Waals surface area contributed by atoms with Crippen LogP contribution in [0.25, 0.3) is 0 Å². The quantitative estimate of drug-likeness (QED) is 0.629. The fraction of sp³-hybridized carbons (Fsp3) is 0.917. The van der Waals surface area contributed by atoms with Gasteiger partial charge in [-0.2, -0.15) is 0 Å². The van der Waals surface area contributed by atoms with Crippen LogP contribution in [0.1, 0.15) is 13.3 Å². The van der Waals surface area contributed by atoms with Gasteiger partial charge in [-0.3, -0.25) is 9.69 Å². The molecule has 2 fully saturated rings. The Balaban J connectivity index is 2.03. The van der Waals surface area contributed by atoms with E-state index in [9.17, 15) is 21.6 Å². The van der Waals surface area contributed by atoms with Gasteiger partial charge >= 0.3 is 0 Å². The van der Waals surface area contributed by atoms with E-state index in [0.717, 1.165) is 12.8 Å². The molecule has 1 amide bonds. The first-order chi connectivity index (χ1) is 10.1. The number of carbonyl (C=O) groups is 1. The molecule has 22 heavy (non-hydrogen) atoms. The van der Waals surface area contributed by atoms with Gasteiger partial charge in [-0.15, -0.1) is 0 Å². The van der Waals surface area contributed by atoms with Crippen LogP contribution in [0.2, 0.25) is 0 Å². The molecule has 0 bridgehead atoms. The van der Waals surface area contributed by atoms with Gasteiger partial charge in [0.1, 0.15) is 0 Å². The number of fused-ring (bicyclic) bond motifs is 1. The molecule has 0 aromatic rings. The van der Waals surface area contributed by atoms with Crippen molar-refractivity contribution in [3.63, 3.8) is 0 Å². The molecule has 0 radical (unpaired) electrons. The second-order valence-electron chi connectivity index (χ2n) is 5.84. The van der Waals surface area contributed by atoms with Crippen LogP contribution in [-0.4, -0.2) is 88.6 Å². The van der Waals surface area contributed by atoms with E-state index in [1.54, 1.807) is 4.90 Å². The highest BCUT2D eigenvalue weighted by Gasteiger charge is 2.47. The average Bonchev–Trinajstić information content (AvgIpc) is 2.70. The van der Waals surface area contributed by atoms with E-state index >= 15 is 0 Å². The SMILES string of the molecule is CCN1CCN(C(=O)CCNS(C)(=O)=O)[C@H]2CS(=O)(=O)C[C@H]21. The van der Waals surface area contributed by atoms with Gasteiger partial charge in [-0.05, 0) is 6.54 Å². The molecule has 8 nitrogen and oxygen atoms in total. The molecule has 2 heterocycles. The normalized spacial score (nSPS) is 28.5. The lowest BCUT2D eigenvalue weighted by atomic mass is 10.0. The summed E-state index contributed by atoms with van der Waals surface area (Å²) in [5, 5.41) is 0. The number of hydrogen-bond donors (Lipinski definition) is 1. The standard InChI is InChI=1S/C12H23N3O5S2/c1-3-14-6-7-15(11-9-22(19,20)8-10(11)14)12(16)4-5-13-21(2,17)18/h10-11,13H,3-9H2,1-2H3/t10-,11+/m1/s1. The summed E-state index contributed by atoms with van der Waals surface area (Å²) in [4.78, 5) is 16.0. The highest BCUT2D eigenvalue weighted by atomic mass is 32.2. The first-order valence-corrected chi connectivity index (χ1v) is 11.0. The second-order valence-corrected chi connectivity index (χ2v) is 9.83. The molecular weight excluding hydrogens is 330 g/mol. The molecule has 0 aromatic carbocycles. The number of nitrogens with zero attached hydrogens (tertiary/aromatic N) is 2. The smallest absolute Gasteiger partial charge is 0.224 e. The minimum absolute atomic E-state index is 0.000584. The summed E-state index contributed by atoms with van der Waals surface area (Å²) in [6.07, 6.45) is 1.08. The van der Waals surface area contributed by atoms with Crippen LogP contribution in [0.4, 0.5) is 0 Å². The van der Waals surface area contributed by atoms with Crippen molar-refractivity contribution in [3.8, 4) is 0 Å². The van der Waals surface area contributed by atoms with Crippen LogP contribution in [0, 0.1) is 0 Å². The van der Waals surface area contributed by atoms with Crippen molar-refractivity contribution in [1.29, 1.82) is 0 Å². The molecule has 0 saturated carbocycles. The van der Waals surface area contributed by atoms with Crippen LogP contribution in [0.15, 0.2) is 0 Å². The Bertz CT molecular complexity index is 631. The Kier molecular flexibility index (Phi) is 5.15. The monoisotopic (exact) mass is 353 g/mol. The largest absolute Gasteiger partial charge is 0.336 e. The Labute approximate surface area is 131 Å². The number of nitrogens with one attached hydrogen (secondary N) is 1. The van der Waals surface area contributed by atoms with Gasteiger partial charge in [-0.1, -0.05) is 6.92 Å². The van der Waals surface area contributed by atoms with Crippen molar-refractivity contribution in [2.24, 2.45) is 0 Å². The topological polar surface area (TPSA) is 104 Å². The highest BCUT2D eigenvalue weighted by molar-refractivity contribution is 7.91. The number of sulfonamides is 1. The maximum atomic E-state index is 12.3. The Morgan fingerprint density at radius 3 is 2.45 bits per heavy atom. The third-order valence-corrected chi connectivity index (χ3v) is 6.65. The Hall–Kier alpha value is -0.710. The fourth-order valence-electron chi connectivity index (χ4n) is 3.21. The minimum Gasteiger partial charge on any atom is -0.336 e. The van der Waals surface area contributed by atoms with Crippen LogP contribution in [0.5, 0.6) is 0 Å². The molecule has 0 unspecified atom stereocenters. The maximum Gasteiger partial charge on any atom is 0.224 e. The van der Waals surface area contributed by atoms with E-state index in [4.69, 9.17) is 0 Å². The van der Waals surface area contributed by atoms with Gasteiger partial charge in [0.2, 0.25) is 15.9 Å².